The highest BCUT2D eigenvalue weighted by Gasteiger charge is 2.43. The van der Waals surface area contributed by atoms with Gasteiger partial charge in [0.2, 0.25) is 0 Å². The maximum Gasteiger partial charge on any atom is 0.331 e. The first-order chi connectivity index (χ1) is 10.5. The molecule has 1 aromatic carbocycles. The van der Waals surface area contributed by atoms with E-state index in [0.717, 1.165) is 24.5 Å². The largest absolute Gasteiger partial charge is 0.458 e. The first kappa shape index (κ1) is 17.4. The molecule has 4 heteroatoms. The fraction of sp³-hybridized carbons (Fsp3) is 0.222. The summed E-state index contributed by atoms with van der Waals surface area (Å²) < 4.78 is 9.79. The Kier molecular flexibility index (Phi) is 6.83. The van der Waals surface area contributed by atoms with Crippen molar-refractivity contribution in [3.8, 4) is 0 Å². The fourth-order valence-electron chi connectivity index (χ4n) is 1.50. The Balaban J connectivity index is 0.000000224. The van der Waals surface area contributed by atoms with E-state index in [-0.39, 0.29) is 17.5 Å². The second-order valence-electron chi connectivity index (χ2n) is 4.69. The Bertz CT molecular complexity index is 541. The van der Waals surface area contributed by atoms with E-state index >= 15 is 0 Å². The molecule has 116 valence electrons. The Hall–Kier alpha value is -2.62. The summed E-state index contributed by atoms with van der Waals surface area (Å²) in [5.41, 5.74) is 0.637. The van der Waals surface area contributed by atoms with Crippen molar-refractivity contribution >= 4 is 11.9 Å². The Morgan fingerprint density at radius 3 is 2.09 bits per heavy atom. The monoisotopic (exact) mass is 300 g/mol. The van der Waals surface area contributed by atoms with Gasteiger partial charge < -0.3 is 9.47 Å². The summed E-state index contributed by atoms with van der Waals surface area (Å²) in [4.78, 5) is 21.3. The highest BCUT2D eigenvalue weighted by molar-refractivity contribution is 5.82. The van der Waals surface area contributed by atoms with Crippen molar-refractivity contribution in [1.82, 2.24) is 0 Å². The topological polar surface area (TPSA) is 52.6 Å². The molecular formula is C18H20O4. The number of esters is 2. The molecule has 0 radical (unpaired) electrons. The van der Waals surface area contributed by atoms with Gasteiger partial charge in [0, 0.05) is 12.2 Å². The standard InChI is InChI=1S/C10H10O2.C8H10O2/c1-2-10(11)12-8-9-6-4-3-5-7-9;1-3-7(9)10-8(4-2)5-6-8/h2-7H,1,8H2;3-4H,1-2,5-6H2. The lowest BCUT2D eigenvalue weighted by Gasteiger charge is -2.08. The van der Waals surface area contributed by atoms with Crippen LogP contribution in [0, 0.1) is 0 Å². The molecule has 0 atom stereocenters. The quantitative estimate of drug-likeness (QED) is 0.459. The Labute approximate surface area is 130 Å². The number of rotatable bonds is 6. The van der Waals surface area contributed by atoms with Gasteiger partial charge in [-0.3, -0.25) is 0 Å². The maximum absolute atomic E-state index is 10.6. The van der Waals surface area contributed by atoms with Crippen LogP contribution in [0.4, 0.5) is 0 Å². The minimum absolute atomic E-state index is 0.311. The van der Waals surface area contributed by atoms with E-state index in [0.29, 0.717) is 6.61 Å². The van der Waals surface area contributed by atoms with Crippen molar-refractivity contribution in [2.24, 2.45) is 0 Å². The van der Waals surface area contributed by atoms with Crippen molar-refractivity contribution in [3.63, 3.8) is 0 Å². The molecule has 1 fully saturated rings. The van der Waals surface area contributed by atoms with Crippen molar-refractivity contribution in [1.29, 1.82) is 0 Å². The van der Waals surface area contributed by atoms with Crippen molar-refractivity contribution in [2.45, 2.75) is 25.0 Å². The van der Waals surface area contributed by atoms with Gasteiger partial charge in [-0.05, 0) is 24.5 Å². The average molecular weight is 300 g/mol. The summed E-state index contributed by atoms with van der Waals surface area (Å²) in [5.74, 6) is -0.753. The molecule has 1 aromatic rings. The molecule has 0 unspecified atom stereocenters. The van der Waals surface area contributed by atoms with Crippen molar-refractivity contribution < 1.29 is 19.1 Å². The molecule has 0 saturated heterocycles. The number of hydrogen-bond donors (Lipinski definition) is 0. The predicted octanol–water partition coefficient (Wildman–Crippen LogP) is 3.35. The molecule has 0 bridgehead atoms. The van der Waals surface area contributed by atoms with Crippen LogP contribution in [0.1, 0.15) is 18.4 Å². The predicted molar refractivity (Wildman–Crippen MR) is 84.9 cm³/mol. The lowest BCUT2D eigenvalue weighted by Crippen LogP contribution is -2.14. The highest BCUT2D eigenvalue weighted by atomic mass is 16.6. The lowest BCUT2D eigenvalue weighted by atomic mass is 10.2. The number of ether oxygens (including phenoxy) is 2. The van der Waals surface area contributed by atoms with Gasteiger partial charge in [0.1, 0.15) is 12.2 Å². The molecule has 1 aliphatic carbocycles. The molecule has 1 saturated carbocycles. The summed E-state index contributed by atoms with van der Waals surface area (Å²) in [6, 6.07) is 9.51. The van der Waals surface area contributed by atoms with Crippen LogP contribution in [0.5, 0.6) is 0 Å². The molecule has 1 aliphatic rings. The first-order valence-corrected chi connectivity index (χ1v) is 6.87. The van der Waals surface area contributed by atoms with Crippen LogP contribution >= 0.6 is 0 Å². The minimum Gasteiger partial charge on any atom is -0.458 e. The zero-order valence-corrected chi connectivity index (χ0v) is 12.5. The third-order valence-electron chi connectivity index (χ3n) is 2.98. The normalized spacial score (nSPS) is 13.6. The van der Waals surface area contributed by atoms with Crippen LogP contribution in [0.15, 0.2) is 68.3 Å². The van der Waals surface area contributed by atoms with Gasteiger partial charge in [-0.2, -0.15) is 0 Å². The van der Waals surface area contributed by atoms with E-state index in [1.807, 2.05) is 30.3 Å². The Morgan fingerprint density at radius 1 is 1.05 bits per heavy atom. The molecule has 0 N–H and O–H groups in total. The van der Waals surface area contributed by atoms with E-state index in [4.69, 9.17) is 9.47 Å². The van der Waals surface area contributed by atoms with Crippen molar-refractivity contribution in [3.05, 3.63) is 73.9 Å². The smallest absolute Gasteiger partial charge is 0.331 e. The van der Waals surface area contributed by atoms with Gasteiger partial charge in [-0.15, -0.1) is 0 Å². The van der Waals surface area contributed by atoms with Crippen molar-refractivity contribution in [2.75, 3.05) is 0 Å². The van der Waals surface area contributed by atoms with E-state index in [9.17, 15) is 9.59 Å². The van der Waals surface area contributed by atoms with Gasteiger partial charge >= 0.3 is 11.9 Å². The van der Waals surface area contributed by atoms with E-state index in [1.165, 1.54) is 6.08 Å². The summed E-state index contributed by atoms with van der Waals surface area (Å²) in [5, 5.41) is 0. The molecule has 22 heavy (non-hydrogen) atoms. The third-order valence-corrected chi connectivity index (χ3v) is 2.98. The van der Waals surface area contributed by atoms with Gasteiger partial charge in [0.05, 0.1) is 0 Å². The molecule has 0 amide bonds. The van der Waals surface area contributed by atoms with Crippen LogP contribution in [0.3, 0.4) is 0 Å². The van der Waals surface area contributed by atoms with Gasteiger partial charge in [0.15, 0.2) is 0 Å². The van der Waals surface area contributed by atoms with Gasteiger partial charge in [-0.1, -0.05) is 50.1 Å². The minimum atomic E-state index is -0.390. The number of carbonyl (C=O) groups excluding carboxylic acids is 2. The van der Waals surface area contributed by atoms with E-state index in [2.05, 4.69) is 19.7 Å². The number of benzene rings is 1. The maximum atomic E-state index is 10.6. The fourth-order valence-corrected chi connectivity index (χ4v) is 1.50. The van der Waals surface area contributed by atoms with Crippen LogP contribution in [-0.4, -0.2) is 17.5 Å². The molecule has 0 heterocycles. The summed E-state index contributed by atoms with van der Waals surface area (Å²) in [7, 11) is 0. The van der Waals surface area contributed by atoms with Crippen LogP contribution in [0.25, 0.3) is 0 Å². The average Bonchev–Trinajstić information content (AvgIpc) is 3.34. The molecule has 2 rings (SSSR count). The summed E-state index contributed by atoms with van der Waals surface area (Å²) in [6.07, 6.45) is 5.80. The van der Waals surface area contributed by atoms with Crippen LogP contribution in [0.2, 0.25) is 0 Å². The molecule has 0 aliphatic heterocycles. The second-order valence-corrected chi connectivity index (χ2v) is 4.69. The number of carbonyl (C=O) groups is 2. The zero-order valence-electron chi connectivity index (χ0n) is 12.5. The number of hydrogen-bond acceptors (Lipinski definition) is 4. The van der Waals surface area contributed by atoms with Gasteiger partial charge in [-0.25, -0.2) is 9.59 Å². The zero-order chi connectivity index (χ0) is 16.4. The Morgan fingerprint density at radius 2 is 1.64 bits per heavy atom. The van der Waals surface area contributed by atoms with E-state index in [1.54, 1.807) is 6.08 Å². The molecule has 0 spiro atoms. The van der Waals surface area contributed by atoms with Crippen LogP contribution in [-0.2, 0) is 25.7 Å². The SMILES string of the molecule is C=CC(=O)OC1(C=C)CC1.C=CC(=O)OCc1ccccc1. The third kappa shape index (κ3) is 6.22. The van der Waals surface area contributed by atoms with E-state index < -0.39 is 0 Å². The summed E-state index contributed by atoms with van der Waals surface area (Å²) in [6.45, 7) is 10.5. The first-order valence-electron chi connectivity index (χ1n) is 6.87. The molecule has 0 aromatic heterocycles. The highest BCUT2D eigenvalue weighted by Crippen LogP contribution is 2.40. The molecule has 4 nitrogen and oxygen atoms in total. The second kappa shape index (κ2) is 8.62. The molecular weight excluding hydrogens is 280 g/mol. The lowest BCUT2D eigenvalue weighted by molar-refractivity contribution is -0.142. The van der Waals surface area contributed by atoms with Gasteiger partial charge in [0.25, 0.3) is 0 Å². The van der Waals surface area contributed by atoms with Crippen LogP contribution < -0.4 is 0 Å². The summed E-state index contributed by atoms with van der Waals surface area (Å²) >= 11 is 0.